The number of rotatable bonds is 8. The van der Waals surface area contributed by atoms with E-state index >= 15 is 0 Å². The Morgan fingerprint density at radius 2 is 1.70 bits per heavy atom. The normalized spacial score (nSPS) is 12.5. The Bertz CT molecular complexity index is 516. The number of fused-ring (bicyclic) bond motifs is 1. The molecular weight excluding hydrogens is 248 g/mol. The highest BCUT2D eigenvalue weighted by molar-refractivity contribution is 5.88. The zero-order chi connectivity index (χ0) is 14.2. The molecule has 2 rings (SSSR count). The van der Waals surface area contributed by atoms with Crippen molar-refractivity contribution in [2.75, 3.05) is 6.61 Å². The molecule has 20 heavy (non-hydrogen) atoms. The second-order valence-corrected chi connectivity index (χ2v) is 5.33. The molecule has 0 heterocycles. The van der Waals surface area contributed by atoms with Crippen LogP contribution in [0.15, 0.2) is 42.5 Å². The van der Waals surface area contributed by atoms with E-state index in [1.807, 2.05) is 12.1 Å². The number of hydrogen-bond acceptors (Lipinski definition) is 2. The molecule has 2 aromatic carbocycles. The molecule has 1 atom stereocenters. The van der Waals surface area contributed by atoms with Crippen molar-refractivity contribution >= 4 is 10.8 Å². The van der Waals surface area contributed by atoms with Gasteiger partial charge in [0.15, 0.2) is 0 Å². The first-order chi connectivity index (χ1) is 9.81. The highest BCUT2D eigenvalue weighted by Gasteiger charge is 2.06. The van der Waals surface area contributed by atoms with Crippen molar-refractivity contribution in [2.24, 2.45) is 0 Å². The molecule has 108 valence electrons. The zero-order valence-electron chi connectivity index (χ0n) is 12.2. The Morgan fingerprint density at radius 1 is 0.950 bits per heavy atom. The fourth-order valence-electron chi connectivity index (χ4n) is 2.47. The topological polar surface area (TPSA) is 29.5 Å². The van der Waals surface area contributed by atoms with Crippen LogP contribution in [0.5, 0.6) is 5.75 Å². The van der Waals surface area contributed by atoms with Crippen LogP contribution in [-0.2, 0) is 0 Å². The van der Waals surface area contributed by atoms with Gasteiger partial charge in [0.05, 0.1) is 6.10 Å². The average molecular weight is 272 g/mol. The van der Waals surface area contributed by atoms with Gasteiger partial charge in [0.1, 0.15) is 5.75 Å². The van der Waals surface area contributed by atoms with Gasteiger partial charge in [-0.15, -0.1) is 0 Å². The zero-order valence-corrected chi connectivity index (χ0v) is 12.2. The summed E-state index contributed by atoms with van der Waals surface area (Å²) in [6, 6.07) is 14.5. The van der Waals surface area contributed by atoms with Gasteiger partial charge >= 0.3 is 0 Å². The van der Waals surface area contributed by atoms with Gasteiger partial charge in [-0.25, -0.2) is 0 Å². The third-order valence-corrected chi connectivity index (χ3v) is 3.60. The van der Waals surface area contributed by atoms with E-state index in [2.05, 4.69) is 37.3 Å². The number of aliphatic hydroxyl groups excluding tert-OH is 1. The van der Waals surface area contributed by atoms with Gasteiger partial charge in [-0.2, -0.15) is 0 Å². The minimum Gasteiger partial charge on any atom is -0.490 e. The molecule has 0 fully saturated rings. The summed E-state index contributed by atoms with van der Waals surface area (Å²) in [5.41, 5.74) is 0. The monoisotopic (exact) mass is 272 g/mol. The van der Waals surface area contributed by atoms with Crippen molar-refractivity contribution in [2.45, 2.75) is 45.1 Å². The van der Waals surface area contributed by atoms with E-state index in [0.717, 1.165) is 31.4 Å². The van der Waals surface area contributed by atoms with Crippen molar-refractivity contribution in [1.82, 2.24) is 0 Å². The van der Waals surface area contributed by atoms with Gasteiger partial charge in [-0.05, 0) is 37.6 Å². The van der Waals surface area contributed by atoms with Crippen LogP contribution in [0.25, 0.3) is 10.8 Å². The minimum absolute atomic E-state index is 0.231. The van der Waals surface area contributed by atoms with Crippen LogP contribution >= 0.6 is 0 Å². The van der Waals surface area contributed by atoms with E-state index in [4.69, 9.17) is 9.84 Å². The molecule has 2 nitrogen and oxygen atoms in total. The fourth-order valence-corrected chi connectivity index (χ4v) is 2.47. The van der Waals surface area contributed by atoms with Crippen molar-refractivity contribution < 1.29 is 9.84 Å². The van der Waals surface area contributed by atoms with E-state index in [1.165, 1.54) is 17.2 Å². The standard InChI is InChI=1S/C18H24O2/c1-15(9-4-2-3-7-14-19)20-18-13-8-11-16-10-5-6-12-17(16)18/h5-6,8,10-13,15,19H,2-4,7,9,14H2,1H3. The van der Waals surface area contributed by atoms with Crippen molar-refractivity contribution in [3.8, 4) is 5.75 Å². The summed E-state index contributed by atoms with van der Waals surface area (Å²) in [5.74, 6) is 0.978. The van der Waals surface area contributed by atoms with Gasteiger partial charge < -0.3 is 9.84 Å². The molecular formula is C18H24O2. The van der Waals surface area contributed by atoms with Crippen LogP contribution in [0.2, 0.25) is 0 Å². The van der Waals surface area contributed by atoms with Crippen LogP contribution in [-0.4, -0.2) is 17.8 Å². The third kappa shape index (κ3) is 4.24. The largest absolute Gasteiger partial charge is 0.490 e. The van der Waals surface area contributed by atoms with Crippen LogP contribution < -0.4 is 4.74 Å². The SMILES string of the molecule is CC(CCCCCCO)Oc1cccc2ccccc12. The predicted octanol–water partition coefficient (Wildman–Crippen LogP) is 4.55. The lowest BCUT2D eigenvalue weighted by Crippen LogP contribution is -2.11. The first-order valence-electron chi connectivity index (χ1n) is 7.56. The summed E-state index contributed by atoms with van der Waals surface area (Å²) < 4.78 is 6.08. The highest BCUT2D eigenvalue weighted by Crippen LogP contribution is 2.26. The quantitative estimate of drug-likeness (QED) is 0.714. The first-order valence-corrected chi connectivity index (χ1v) is 7.56. The molecule has 0 saturated heterocycles. The van der Waals surface area contributed by atoms with Crippen molar-refractivity contribution in [1.29, 1.82) is 0 Å². The van der Waals surface area contributed by atoms with Crippen molar-refractivity contribution in [3.63, 3.8) is 0 Å². The number of benzene rings is 2. The molecule has 0 spiro atoms. The summed E-state index contributed by atoms with van der Waals surface area (Å²) in [4.78, 5) is 0. The van der Waals surface area contributed by atoms with Gasteiger partial charge in [-0.1, -0.05) is 49.2 Å². The van der Waals surface area contributed by atoms with Gasteiger partial charge in [0, 0.05) is 12.0 Å². The maximum absolute atomic E-state index is 8.75. The molecule has 1 unspecified atom stereocenters. The molecule has 0 aromatic heterocycles. The first kappa shape index (κ1) is 14.9. The Labute approximate surface area is 121 Å². The van der Waals surface area contributed by atoms with Crippen LogP contribution in [0.3, 0.4) is 0 Å². The smallest absolute Gasteiger partial charge is 0.127 e. The molecule has 0 aliphatic rings. The number of aliphatic hydroxyl groups is 1. The second-order valence-electron chi connectivity index (χ2n) is 5.33. The number of unbranched alkanes of at least 4 members (excludes halogenated alkanes) is 3. The van der Waals surface area contributed by atoms with Gasteiger partial charge in [-0.3, -0.25) is 0 Å². The van der Waals surface area contributed by atoms with Crippen LogP contribution in [0.4, 0.5) is 0 Å². The number of hydrogen-bond donors (Lipinski definition) is 1. The maximum atomic E-state index is 8.75. The maximum Gasteiger partial charge on any atom is 0.127 e. The molecule has 2 heteroatoms. The molecule has 0 bridgehead atoms. The summed E-state index contributed by atoms with van der Waals surface area (Å²) in [5, 5.41) is 11.2. The Morgan fingerprint density at radius 3 is 2.55 bits per heavy atom. The molecule has 0 radical (unpaired) electrons. The van der Waals surface area contributed by atoms with E-state index in [1.54, 1.807) is 0 Å². The highest BCUT2D eigenvalue weighted by atomic mass is 16.5. The summed E-state index contributed by atoms with van der Waals surface area (Å²) >= 11 is 0. The fraction of sp³-hybridized carbons (Fsp3) is 0.444. The molecule has 2 aromatic rings. The Balaban J connectivity index is 1.88. The number of ether oxygens (including phenoxy) is 1. The lowest BCUT2D eigenvalue weighted by Gasteiger charge is -2.16. The summed E-state index contributed by atoms with van der Waals surface area (Å²) in [7, 11) is 0. The molecule has 1 N–H and O–H groups in total. The lowest BCUT2D eigenvalue weighted by molar-refractivity contribution is 0.208. The van der Waals surface area contributed by atoms with Crippen molar-refractivity contribution in [3.05, 3.63) is 42.5 Å². The van der Waals surface area contributed by atoms with Gasteiger partial charge in [0.25, 0.3) is 0 Å². The van der Waals surface area contributed by atoms with E-state index in [0.29, 0.717) is 6.61 Å². The minimum atomic E-state index is 0.231. The average Bonchev–Trinajstić information content (AvgIpc) is 2.47. The van der Waals surface area contributed by atoms with E-state index in [9.17, 15) is 0 Å². The Kier molecular flexibility index (Phi) is 5.87. The molecule has 0 amide bonds. The molecule has 0 aliphatic heterocycles. The molecule has 0 aliphatic carbocycles. The van der Waals surface area contributed by atoms with Crippen LogP contribution in [0.1, 0.15) is 39.0 Å². The molecule has 0 saturated carbocycles. The Hall–Kier alpha value is -1.54. The van der Waals surface area contributed by atoms with E-state index < -0.39 is 0 Å². The van der Waals surface area contributed by atoms with Crippen LogP contribution in [0, 0.1) is 0 Å². The van der Waals surface area contributed by atoms with E-state index in [-0.39, 0.29) is 6.10 Å². The van der Waals surface area contributed by atoms with Gasteiger partial charge in [0.2, 0.25) is 0 Å². The summed E-state index contributed by atoms with van der Waals surface area (Å²) in [6.45, 7) is 2.44. The summed E-state index contributed by atoms with van der Waals surface area (Å²) in [6.07, 6.45) is 5.65. The third-order valence-electron chi connectivity index (χ3n) is 3.60. The second kappa shape index (κ2) is 7.91. The predicted molar refractivity (Wildman–Crippen MR) is 84.2 cm³/mol. The lowest BCUT2D eigenvalue weighted by atomic mass is 10.1.